The lowest BCUT2D eigenvalue weighted by Gasteiger charge is -2.32. The van der Waals surface area contributed by atoms with Crippen molar-refractivity contribution in [1.29, 1.82) is 0 Å². The maximum Gasteiger partial charge on any atom is 0.411 e. The summed E-state index contributed by atoms with van der Waals surface area (Å²) < 4.78 is 5.48. The first-order chi connectivity index (χ1) is 10.3. The van der Waals surface area contributed by atoms with Gasteiger partial charge in [-0.3, -0.25) is 9.69 Å². The van der Waals surface area contributed by atoms with E-state index in [2.05, 4.69) is 0 Å². The van der Waals surface area contributed by atoms with Crippen molar-refractivity contribution in [3.8, 4) is 0 Å². The lowest BCUT2D eigenvalue weighted by atomic mass is 10.0. The maximum absolute atomic E-state index is 12.5. The largest absolute Gasteiger partial charge is 0.481 e. The summed E-state index contributed by atoms with van der Waals surface area (Å²) in [7, 11) is 0. The lowest BCUT2D eigenvalue weighted by Crippen LogP contribution is -2.42. The zero-order valence-electron chi connectivity index (χ0n) is 13.3. The Bertz CT molecular complexity index is 535. The quantitative estimate of drug-likeness (QED) is 0.926. The normalized spacial score (nSPS) is 21.7. The van der Waals surface area contributed by atoms with Crippen LogP contribution in [0.2, 0.25) is 0 Å². The number of amides is 1. The summed E-state index contributed by atoms with van der Waals surface area (Å²) in [5, 5.41) is 9.08. The van der Waals surface area contributed by atoms with Gasteiger partial charge in [0.15, 0.2) is 0 Å². The van der Waals surface area contributed by atoms with E-state index in [0.717, 1.165) is 12.0 Å². The molecule has 0 aliphatic carbocycles. The second-order valence-corrected chi connectivity index (χ2v) is 6.64. The molecule has 2 unspecified atom stereocenters. The van der Waals surface area contributed by atoms with Crippen molar-refractivity contribution in [3.05, 3.63) is 35.9 Å². The van der Waals surface area contributed by atoms with Crippen molar-refractivity contribution in [1.82, 2.24) is 4.90 Å². The molecule has 1 amide bonds. The molecule has 1 fully saturated rings. The molecule has 1 aromatic carbocycles. The highest BCUT2D eigenvalue weighted by atomic mass is 16.6. The van der Waals surface area contributed by atoms with Crippen molar-refractivity contribution in [3.63, 3.8) is 0 Å². The van der Waals surface area contributed by atoms with Crippen LogP contribution < -0.4 is 0 Å². The van der Waals surface area contributed by atoms with Crippen LogP contribution in [-0.4, -0.2) is 33.7 Å². The number of carboxylic acids is 1. The van der Waals surface area contributed by atoms with E-state index in [1.54, 1.807) is 4.90 Å². The summed E-state index contributed by atoms with van der Waals surface area (Å²) >= 11 is 0. The molecule has 0 aromatic heterocycles. The van der Waals surface area contributed by atoms with Crippen LogP contribution in [0.5, 0.6) is 0 Å². The third-order valence-electron chi connectivity index (χ3n) is 3.70. The van der Waals surface area contributed by atoms with Crippen LogP contribution in [0.3, 0.4) is 0 Å². The van der Waals surface area contributed by atoms with Gasteiger partial charge in [0.25, 0.3) is 0 Å². The van der Waals surface area contributed by atoms with Crippen molar-refractivity contribution in [2.24, 2.45) is 0 Å². The van der Waals surface area contributed by atoms with E-state index in [9.17, 15) is 9.59 Å². The van der Waals surface area contributed by atoms with Crippen LogP contribution in [0, 0.1) is 0 Å². The molecule has 5 heteroatoms. The van der Waals surface area contributed by atoms with Gasteiger partial charge in [-0.1, -0.05) is 30.3 Å². The predicted octanol–water partition coefficient (Wildman–Crippen LogP) is 3.60. The number of likely N-dealkylation sites (tertiary alicyclic amines) is 1. The number of carbonyl (C=O) groups excluding carboxylic acids is 1. The average Bonchev–Trinajstić information content (AvgIpc) is 2.80. The predicted molar refractivity (Wildman–Crippen MR) is 82.5 cm³/mol. The molecule has 5 nitrogen and oxygen atoms in total. The summed E-state index contributed by atoms with van der Waals surface area (Å²) in [6.07, 6.45) is 0.930. The molecule has 1 aliphatic rings. The number of ether oxygens (including phenoxy) is 1. The van der Waals surface area contributed by atoms with Crippen molar-refractivity contribution in [2.75, 3.05) is 0 Å². The van der Waals surface area contributed by atoms with E-state index in [0.29, 0.717) is 6.42 Å². The van der Waals surface area contributed by atoms with E-state index < -0.39 is 17.7 Å². The number of carboxylic acid groups (broad SMARTS) is 1. The van der Waals surface area contributed by atoms with Gasteiger partial charge in [-0.05, 0) is 39.2 Å². The zero-order valence-corrected chi connectivity index (χ0v) is 13.3. The average molecular weight is 305 g/mol. The number of rotatable bonds is 3. The minimum Gasteiger partial charge on any atom is -0.481 e. The van der Waals surface area contributed by atoms with Gasteiger partial charge in [-0.15, -0.1) is 0 Å². The molecular weight excluding hydrogens is 282 g/mol. The van der Waals surface area contributed by atoms with Gasteiger partial charge in [-0.2, -0.15) is 0 Å². The minimum atomic E-state index is -0.896. The van der Waals surface area contributed by atoms with E-state index >= 15 is 0 Å². The second-order valence-electron chi connectivity index (χ2n) is 6.64. The number of aliphatic carboxylic acids is 1. The molecule has 1 N–H and O–H groups in total. The monoisotopic (exact) mass is 305 g/mol. The van der Waals surface area contributed by atoms with E-state index in [1.165, 1.54) is 0 Å². The summed E-state index contributed by atoms with van der Waals surface area (Å²) in [6.45, 7) is 5.43. The zero-order chi connectivity index (χ0) is 16.3. The topological polar surface area (TPSA) is 66.8 Å². The van der Waals surface area contributed by atoms with Crippen LogP contribution in [0.4, 0.5) is 4.79 Å². The molecule has 0 bridgehead atoms. The fourth-order valence-corrected chi connectivity index (χ4v) is 2.88. The highest BCUT2D eigenvalue weighted by Crippen LogP contribution is 2.38. The van der Waals surface area contributed by atoms with Gasteiger partial charge in [0, 0.05) is 6.04 Å². The molecule has 1 saturated heterocycles. The molecule has 120 valence electrons. The van der Waals surface area contributed by atoms with Gasteiger partial charge in [0.05, 0.1) is 12.5 Å². The van der Waals surface area contributed by atoms with Crippen molar-refractivity contribution in [2.45, 2.75) is 57.7 Å². The molecule has 0 saturated carbocycles. The fourth-order valence-electron chi connectivity index (χ4n) is 2.88. The molecule has 0 spiro atoms. The fraction of sp³-hybridized carbons (Fsp3) is 0.529. The molecule has 0 radical (unpaired) electrons. The third kappa shape index (κ3) is 4.00. The molecule has 2 atom stereocenters. The Labute approximate surface area is 130 Å². The molecule has 1 aliphatic heterocycles. The van der Waals surface area contributed by atoms with Crippen LogP contribution in [0.25, 0.3) is 0 Å². The first kappa shape index (κ1) is 16.3. The van der Waals surface area contributed by atoms with Gasteiger partial charge in [-0.25, -0.2) is 4.79 Å². The number of carbonyl (C=O) groups is 2. The number of hydrogen-bond donors (Lipinski definition) is 1. The smallest absolute Gasteiger partial charge is 0.411 e. The molecule has 2 rings (SSSR count). The summed E-state index contributed by atoms with van der Waals surface area (Å²) in [5.74, 6) is -0.896. The Morgan fingerprint density at radius 1 is 1.23 bits per heavy atom. The third-order valence-corrected chi connectivity index (χ3v) is 3.70. The first-order valence-corrected chi connectivity index (χ1v) is 7.56. The molecule has 22 heavy (non-hydrogen) atoms. The van der Waals surface area contributed by atoms with Crippen LogP contribution in [-0.2, 0) is 9.53 Å². The summed E-state index contributed by atoms with van der Waals surface area (Å²) in [6, 6.07) is 9.25. The lowest BCUT2D eigenvalue weighted by molar-refractivity contribution is -0.138. The maximum atomic E-state index is 12.5. The standard InChI is InChI=1S/C17H23NO4/c1-17(2,3)22-16(21)18-13(11-15(19)20)9-10-14(18)12-7-5-4-6-8-12/h4-8,13-14H,9-11H2,1-3H3,(H,19,20). The van der Waals surface area contributed by atoms with Gasteiger partial charge >= 0.3 is 12.1 Å². The van der Waals surface area contributed by atoms with E-state index in [-0.39, 0.29) is 18.5 Å². The molecular formula is C17H23NO4. The Morgan fingerprint density at radius 3 is 2.41 bits per heavy atom. The second kappa shape index (κ2) is 6.38. The highest BCUT2D eigenvalue weighted by Gasteiger charge is 2.40. The van der Waals surface area contributed by atoms with Gasteiger partial charge in [0.2, 0.25) is 0 Å². The van der Waals surface area contributed by atoms with E-state index in [1.807, 2.05) is 51.1 Å². The first-order valence-electron chi connectivity index (χ1n) is 7.56. The van der Waals surface area contributed by atoms with Crippen LogP contribution >= 0.6 is 0 Å². The molecule has 1 aromatic rings. The number of nitrogens with zero attached hydrogens (tertiary/aromatic N) is 1. The van der Waals surface area contributed by atoms with Gasteiger partial charge < -0.3 is 9.84 Å². The van der Waals surface area contributed by atoms with Crippen LogP contribution in [0.15, 0.2) is 30.3 Å². The highest BCUT2D eigenvalue weighted by molar-refractivity contribution is 5.73. The van der Waals surface area contributed by atoms with Crippen molar-refractivity contribution < 1.29 is 19.4 Å². The number of hydrogen-bond acceptors (Lipinski definition) is 3. The number of benzene rings is 1. The molecule has 1 heterocycles. The van der Waals surface area contributed by atoms with E-state index in [4.69, 9.17) is 9.84 Å². The minimum absolute atomic E-state index is 0.0530. The van der Waals surface area contributed by atoms with Crippen molar-refractivity contribution >= 4 is 12.1 Å². The summed E-state index contributed by atoms with van der Waals surface area (Å²) in [4.78, 5) is 25.2. The Kier molecular flexibility index (Phi) is 4.74. The Morgan fingerprint density at radius 2 is 1.86 bits per heavy atom. The Balaban J connectivity index is 2.25. The van der Waals surface area contributed by atoms with Gasteiger partial charge in [0.1, 0.15) is 5.60 Å². The van der Waals surface area contributed by atoms with Crippen LogP contribution in [0.1, 0.15) is 51.6 Å². The summed E-state index contributed by atoms with van der Waals surface area (Å²) in [5.41, 5.74) is 0.413. The SMILES string of the molecule is CC(C)(C)OC(=O)N1C(CC(=O)O)CCC1c1ccccc1. The Hall–Kier alpha value is -2.04.